The Morgan fingerprint density at radius 3 is 2.21 bits per heavy atom. The van der Waals surface area contributed by atoms with Gasteiger partial charge in [0.15, 0.2) is 0 Å². The molecule has 2 aromatic rings. The van der Waals surface area contributed by atoms with Crippen LogP contribution in [-0.2, 0) is 11.2 Å². The number of carbonyl (C=O) groups is 1. The van der Waals surface area contributed by atoms with Crippen molar-refractivity contribution in [2.75, 3.05) is 5.73 Å². The van der Waals surface area contributed by atoms with E-state index in [2.05, 4.69) is 15.9 Å². The van der Waals surface area contributed by atoms with E-state index < -0.39 is 11.9 Å². The lowest BCUT2D eigenvalue weighted by atomic mass is 9.92. The highest BCUT2D eigenvalue weighted by atomic mass is 79.9. The molecule has 2 aromatic carbocycles. The van der Waals surface area contributed by atoms with Crippen LogP contribution < -0.4 is 5.73 Å². The molecule has 0 spiro atoms. The summed E-state index contributed by atoms with van der Waals surface area (Å²) in [7, 11) is 0. The summed E-state index contributed by atoms with van der Waals surface area (Å²) in [5, 5.41) is 9.37. The van der Waals surface area contributed by atoms with Crippen LogP contribution in [0.3, 0.4) is 0 Å². The van der Waals surface area contributed by atoms with Gasteiger partial charge in [-0.25, -0.2) is 0 Å². The molecule has 3 N–H and O–H groups in total. The van der Waals surface area contributed by atoms with E-state index in [0.717, 1.165) is 15.6 Å². The zero-order valence-electron chi connectivity index (χ0n) is 10.2. The molecule has 2 rings (SSSR count). The molecule has 1 atom stereocenters. The SMILES string of the molecule is Nc1ccc(C(Cc2ccc(Br)cc2)C(=O)O)cc1. The minimum atomic E-state index is -0.826. The summed E-state index contributed by atoms with van der Waals surface area (Å²) < 4.78 is 0.982. The summed E-state index contributed by atoms with van der Waals surface area (Å²) in [5.74, 6) is -1.38. The van der Waals surface area contributed by atoms with Crippen molar-refractivity contribution in [3.63, 3.8) is 0 Å². The minimum absolute atomic E-state index is 0.465. The molecule has 0 heterocycles. The molecule has 0 bridgehead atoms. The first-order valence-corrected chi connectivity index (χ1v) is 6.68. The van der Waals surface area contributed by atoms with Crippen LogP contribution in [0.15, 0.2) is 53.0 Å². The van der Waals surface area contributed by atoms with Crippen molar-refractivity contribution in [3.8, 4) is 0 Å². The van der Waals surface area contributed by atoms with Crippen molar-refractivity contribution in [1.29, 1.82) is 0 Å². The van der Waals surface area contributed by atoms with E-state index in [0.29, 0.717) is 12.1 Å². The third-order valence-electron chi connectivity index (χ3n) is 2.99. The lowest BCUT2D eigenvalue weighted by Crippen LogP contribution is -2.14. The molecule has 0 fully saturated rings. The van der Waals surface area contributed by atoms with E-state index >= 15 is 0 Å². The third kappa shape index (κ3) is 3.58. The van der Waals surface area contributed by atoms with E-state index in [9.17, 15) is 9.90 Å². The van der Waals surface area contributed by atoms with Crippen molar-refractivity contribution in [2.45, 2.75) is 12.3 Å². The van der Waals surface area contributed by atoms with Crippen molar-refractivity contribution < 1.29 is 9.90 Å². The first-order chi connectivity index (χ1) is 9.06. The first kappa shape index (κ1) is 13.6. The molecule has 98 valence electrons. The Labute approximate surface area is 120 Å². The predicted octanol–water partition coefficient (Wildman–Crippen LogP) is 3.44. The number of carboxylic acid groups (broad SMARTS) is 1. The maximum atomic E-state index is 11.4. The molecule has 0 aliphatic carbocycles. The van der Waals surface area contributed by atoms with Gasteiger partial charge in [-0.3, -0.25) is 4.79 Å². The third-order valence-corrected chi connectivity index (χ3v) is 3.52. The van der Waals surface area contributed by atoms with Gasteiger partial charge in [0.1, 0.15) is 0 Å². The van der Waals surface area contributed by atoms with Crippen LogP contribution in [-0.4, -0.2) is 11.1 Å². The van der Waals surface area contributed by atoms with Gasteiger partial charge < -0.3 is 10.8 Å². The molecule has 0 aliphatic heterocycles. The highest BCUT2D eigenvalue weighted by Crippen LogP contribution is 2.23. The number of benzene rings is 2. The summed E-state index contributed by atoms with van der Waals surface area (Å²) in [4.78, 5) is 11.4. The Morgan fingerprint density at radius 2 is 1.68 bits per heavy atom. The van der Waals surface area contributed by atoms with Gasteiger partial charge in [0, 0.05) is 10.2 Å². The normalized spacial score (nSPS) is 12.1. The highest BCUT2D eigenvalue weighted by molar-refractivity contribution is 9.10. The number of aliphatic carboxylic acids is 1. The Morgan fingerprint density at radius 1 is 1.11 bits per heavy atom. The topological polar surface area (TPSA) is 63.3 Å². The molecular formula is C15H14BrNO2. The fourth-order valence-corrected chi connectivity index (χ4v) is 2.20. The van der Waals surface area contributed by atoms with Crippen molar-refractivity contribution in [3.05, 3.63) is 64.1 Å². The molecular weight excluding hydrogens is 306 g/mol. The fraction of sp³-hybridized carbons (Fsp3) is 0.133. The molecule has 4 heteroatoms. The maximum Gasteiger partial charge on any atom is 0.311 e. The van der Waals surface area contributed by atoms with E-state index in [-0.39, 0.29) is 0 Å². The summed E-state index contributed by atoms with van der Waals surface area (Å²) >= 11 is 3.36. The van der Waals surface area contributed by atoms with Crippen molar-refractivity contribution in [2.24, 2.45) is 0 Å². The van der Waals surface area contributed by atoms with Crippen LogP contribution in [0.2, 0.25) is 0 Å². The monoisotopic (exact) mass is 319 g/mol. The second-order valence-corrected chi connectivity index (χ2v) is 5.30. The highest BCUT2D eigenvalue weighted by Gasteiger charge is 2.20. The van der Waals surface area contributed by atoms with E-state index in [4.69, 9.17) is 5.73 Å². The van der Waals surface area contributed by atoms with E-state index in [1.807, 2.05) is 24.3 Å². The second kappa shape index (κ2) is 5.89. The molecule has 0 saturated heterocycles. The predicted molar refractivity (Wildman–Crippen MR) is 79.1 cm³/mol. The number of nitrogens with two attached hydrogens (primary N) is 1. The summed E-state index contributed by atoms with van der Waals surface area (Å²) in [5.41, 5.74) is 8.02. The van der Waals surface area contributed by atoms with Crippen LogP contribution in [0, 0.1) is 0 Å². The van der Waals surface area contributed by atoms with Gasteiger partial charge >= 0.3 is 5.97 Å². The molecule has 19 heavy (non-hydrogen) atoms. The summed E-state index contributed by atoms with van der Waals surface area (Å²) in [6.45, 7) is 0. The molecule has 0 aliphatic rings. The smallest absolute Gasteiger partial charge is 0.311 e. The van der Waals surface area contributed by atoms with E-state index in [1.54, 1.807) is 24.3 Å². The van der Waals surface area contributed by atoms with Crippen LogP contribution in [0.4, 0.5) is 5.69 Å². The van der Waals surface area contributed by atoms with Crippen molar-refractivity contribution in [1.82, 2.24) is 0 Å². The first-order valence-electron chi connectivity index (χ1n) is 5.89. The van der Waals surface area contributed by atoms with Crippen LogP contribution >= 0.6 is 15.9 Å². The lowest BCUT2D eigenvalue weighted by molar-refractivity contribution is -0.138. The molecule has 3 nitrogen and oxygen atoms in total. The van der Waals surface area contributed by atoms with Crippen LogP contribution in [0.1, 0.15) is 17.0 Å². The molecule has 0 radical (unpaired) electrons. The van der Waals surface area contributed by atoms with Crippen molar-refractivity contribution >= 4 is 27.6 Å². The Bertz CT molecular complexity index is 564. The Kier molecular flexibility index (Phi) is 4.22. The van der Waals surface area contributed by atoms with Gasteiger partial charge in [0.05, 0.1) is 5.92 Å². The number of halogens is 1. The Hall–Kier alpha value is -1.81. The second-order valence-electron chi connectivity index (χ2n) is 4.39. The number of hydrogen-bond donors (Lipinski definition) is 2. The van der Waals surface area contributed by atoms with Gasteiger partial charge in [0.2, 0.25) is 0 Å². The van der Waals surface area contributed by atoms with Gasteiger partial charge in [-0.2, -0.15) is 0 Å². The lowest BCUT2D eigenvalue weighted by Gasteiger charge is -2.13. The van der Waals surface area contributed by atoms with Crippen LogP contribution in [0.5, 0.6) is 0 Å². The zero-order valence-corrected chi connectivity index (χ0v) is 11.8. The summed E-state index contributed by atoms with van der Waals surface area (Å²) in [6.07, 6.45) is 0.465. The zero-order chi connectivity index (χ0) is 13.8. The standard InChI is InChI=1S/C15H14BrNO2/c16-12-5-1-10(2-6-12)9-14(15(18)19)11-3-7-13(17)8-4-11/h1-8,14H,9,17H2,(H,18,19). The van der Waals surface area contributed by atoms with Crippen LogP contribution in [0.25, 0.3) is 0 Å². The fourth-order valence-electron chi connectivity index (χ4n) is 1.93. The Balaban J connectivity index is 2.23. The average Bonchev–Trinajstić information content (AvgIpc) is 2.39. The van der Waals surface area contributed by atoms with Gasteiger partial charge in [-0.15, -0.1) is 0 Å². The number of nitrogen functional groups attached to an aromatic ring is 1. The quantitative estimate of drug-likeness (QED) is 0.848. The average molecular weight is 320 g/mol. The summed E-state index contributed by atoms with van der Waals surface area (Å²) in [6, 6.07) is 14.7. The largest absolute Gasteiger partial charge is 0.481 e. The van der Waals surface area contributed by atoms with Gasteiger partial charge in [-0.05, 0) is 41.8 Å². The number of hydrogen-bond acceptors (Lipinski definition) is 2. The number of rotatable bonds is 4. The number of anilines is 1. The molecule has 0 saturated carbocycles. The van der Waals surface area contributed by atoms with Gasteiger partial charge in [-0.1, -0.05) is 40.2 Å². The molecule has 0 amide bonds. The van der Waals surface area contributed by atoms with E-state index in [1.165, 1.54) is 0 Å². The number of carboxylic acids is 1. The minimum Gasteiger partial charge on any atom is -0.481 e. The maximum absolute atomic E-state index is 11.4. The molecule has 1 unspecified atom stereocenters. The van der Waals surface area contributed by atoms with Gasteiger partial charge in [0.25, 0.3) is 0 Å². The molecule has 0 aromatic heterocycles.